The highest BCUT2D eigenvalue weighted by Crippen LogP contribution is 2.30. The fourth-order valence-electron chi connectivity index (χ4n) is 1.51. The predicted molar refractivity (Wildman–Crippen MR) is 79.9 cm³/mol. The first kappa shape index (κ1) is 15.5. The van der Waals surface area contributed by atoms with Crippen LogP contribution in [0.25, 0.3) is 0 Å². The highest BCUT2D eigenvalue weighted by molar-refractivity contribution is 5.63. The van der Waals surface area contributed by atoms with Crippen LogP contribution < -0.4 is 15.4 Å². The van der Waals surface area contributed by atoms with Gasteiger partial charge in [0, 0.05) is 13.1 Å². The van der Waals surface area contributed by atoms with E-state index < -0.39 is 0 Å². The topological polar surface area (TPSA) is 59.1 Å². The van der Waals surface area contributed by atoms with Gasteiger partial charge in [0.2, 0.25) is 5.75 Å². The summed E-state index contributed by atoms with van der Waals surface area (Å²) in [4.78, 5) is 8.49. The van der Waals surface area contributed by atoms with Gasteiger partial charge in [-0.2, -0.15) is 0 Å². The second kappa shape index (κ2) is 7.16. The molecule has 0 atom stereocenters. The molecule has 0 fully saturated rings. The summed E-state index contributed by atoms with van der Waals surface area (Å²) < 4.78 is 5.42. The summed E-state index contributed by atoms with van der Waals surface area (Å²) in [7, 11) is 1.64. The summed E-state index contributed by atoms with van der Waals surface area (Å²) in [5, 5.41) is 6.61. The van der Waals surface area contributed by atoms with Crippen LogP contribution in [0.4, 0.5) is 11.6 Å². The third-order valence-electron chi connectivity index (χ3n) is 3.24. The zero-order valence-electron chi connectivity index (χ0n) is 12.7. The lowest BCUT2D eigenvalue weighted by Crippen LogP contribution is -2.23. The average Bonchev–Trinajstić information content (AvgIpc) is 2.42. The van der Waals surface area contributed by atoms with E-state index in [-0.39, 0.29) is 5.41 Å². The highest BCUT2D eigenvalue weighted by atomic mass is 16.5. The van der Waals surface area contributed by atoms with E-state index in [4.69, 9.17) is 4.74 Å². The fraction of sp³-hybridized carbons (Fsp3) is 0.714. The lowest BCUT2D eigenvalue weighted by Gasteiger charge is -2.24. The van der Waals surface area contributed by atoms with Gasteiger partial charge in [0.15, 0.2) is 11.6 Å². The lowest BCUT2D eigenvalue weighted by molar-refractivity contribution is 0.374. The molecule has 5 nitrogen and oxygen atoms in total. The average molecular weight is 266 g/mol. The lowest BCUT2D eigenvalue weighted by atomic mass is 9.90. The standard InChI is InChI=1S/C14H26N4O/c1-6-8-15-12-11(19-5)13(18-10-17-12)16-9-14(3,4)7-2/h10H,6-9H2,1-5H3,(H2,15,16,17,18). The van der Waals surface area contributed by atoms with E-state index in [1.165, 1.54) is 0 Å². The van der Waals surface area contributed by atoms with Crippen LogP contribution in [0.15, 0.2) is 6.33 Å². The van der Waals surface area contributed by atoms with Gasteiger partial charge in [-0.25, -0.2) is 9.97 Å². The van der Waals surface area contributed by atoms with Gasteiger partial charge in [-0.3, -0.25) is 0 Å². The number of rotatable bonds is 8. The summed E-state index contributed by atoms with van der Waals surface area (Å²) in [5.74, 6) is 2.18. The zero-order chi connectivity index (χ0) is 14.3. The quantitative estimate of drug-likeness (QED) is 0.757. The van der Waals surface area contributed by atoms with Gasteiger partial charge >= 0.3 is 0 Å². The molecule has 2 N–H and O–H groups in total. The molecule has 0 aliphatic carbocycles. The molecule has 0 saturated carbocycles. The maximum atomic E-state index is 5.42. The molecule has 0 radical (unpaired) electrons. The predicted octanol–water partition coefficient (Wildman–Crippen LogP) is 3.16. The van der Waals surface area contributed by atoms with E-state index in [1.807, 2.05) is 0 Å². The second-order valence-electron chi connectivity index (χ2n) is 5.40. The van der Waals surface area contributed by atoms with E-state index in [0.717, 1.165) is 37.6 Å². The maximum absolute atomic E-state index is 5.42. The van der Waals surface area contributed by atoms with Crippen molar-refractivity contribution in [1.82, 2.24) is 9.97 Å². The van der Waals surface area contributed by atoms with Crippen LogP contribution in [0.1, 0.15) is 40.5 Å². The molecule has 0 aromatic carbocycles. The van der Waals surface area contributed by atoms with E-state index in [2.05, 4.69) is 48.3 Å². The molecule has 1 aromatic heterocycles. The van der Waals surface area contributed by atoms with Crippen molar-refractivity contribution in [3.63, 3.8) is 0 Å². The first-order valence-electron chi connectivity index (χ1n) is 6.90. The zero-order valence-corrected chi connectivity index (χ0v) is 12.7. The Balaban J connectivity index is 2.82. The monoisotopic (exact) mass is 266 g/mol. The van der Waals surface area contributed by atoms with Gasteiger partial charge in [-0.1, -0.05) is 27.7 Å². The SMILES string of the molecule is CCCNc1ncnc(NCC(C)(C)CC)c1OC. The molecule has 0 spiro atoms. The molecular weight excluding hydrogens is 240 g/mol. The second-order valence-corrected chi connectivity index (χ2v) is 5.40. The number of methoxy groups -OCH3 is 1. The van der Waals surface area contributed by atoms with Crippen molar-refractivity contribution in [2.75, 3.05) is 30.8 Å². The van der Waals surface area contributed by atoms with Crippen LogP contribution in [-0.2, 0) is 0 Å². The van der Waals surface area contributed by atoms with Crippen molar-refractivity contribution in [1.29, 1.82) is 0 Å². The summed E-state index contributed by atoms with van der Waals surface area (Å²) in [6, 6.07) is 0. The van der Waals surface area contributed by atoms with E-state index >= 15 is 0 Å². The number of nitrogens with one attached hydrogen (secondary N) is 2. The summed E-state index contributed by atoms with van der Waals surface area (Å²) >= 11 is 0. The van der Waals surface area contributed by atoms with Crippen LogP contribution in [0.2, 0.25) is 0 Å². The Morgan fingerprint density at radius 1 is 1.16 bits per heavy atom. The summed E-state index contributed by atoms with van der Waals surface area (Å²) in [6.07, 6.45) is 3.70. The molecule has 0 unspecified atom stereocenters. The number of ether oxygens (including phenoxy) is 1. The molecule has 1 heterocycles. The summed E-state index contributed by atoms with van der Waals surface area (Å²) in [6.45, 7) is 10.5. The molecular formula is C14H26N4O. The van der Waals surface area contributed by atoms with Crippen molar-refractivity contribution >= 4 is 11.6 Å². The fourth-order valence-corrected chi connectivity index (χ4v) is 1.51. The summed E-state index contributed by atoms with van der Waals surface area (Å²) in [5.41, 5.74) is 0.229. The van der Waals surface area contributed by atoms with Crippen LogP contribution in [0.5, 0.6) is 5.75 Å². The highest BCUT2D eigenvalue weighted by Gasteiger charge is 2.17. The molecule has 0 amide bonds. The first-order valence-corrected chi connectivity index (χ1v) is 6.90. The molecule has 0 aliphatic heterocycles. The molecule has 1 rings (SSSR count). The minimum Gasteiger partial charge on any atom is -0.490 e. The van der Waals surface area contributed by atoms with Gasteiger partial charge in [0.05, 0.1) is 7.11 Å². The Hall–Kier alpha value is -1.52. The van der Waals surface area contributed by atoms with Gasteiger partial charge in [0.25, 0.3) is 0 Å². The molecule has 1 aromatic rings. The van der Waals surface area contributed by atoms with Gasteiger partial charge in [-0.15, -0.1) is 0 Å². The van der Waals surface area contributed by atoms with Gasteiger partial charge in [-0.05, 0) is 18.3 Å². The van der Waals surface area contributed by atoms with Crippen LogP contribution in [0, 0.1) is 5.41 Å². The Labute approximate surface area is 116 Å². The van der Waals surface area contributed by atoms with E-state index in [1.54, 1.807) is 13.4 Å². The number of hydrogen-bond donors (Lipinski definition) is 2. The van der Waals surface area contributed by atoms with Crippen molar-refractivity contribution in [3.05, 3.63) is 6.33 Å². The minimum absolute atomic E-state index is 0.229. The van der Waals surface area contributed by atoms with Crippen LogP contribution in [0.3, 0.4) is 0 Å². The Bertz CT molecular complexity index is 393. The molecule has 0 aliphatic rings. The van der Waals surface area contributed by atoms with Gasteiger partial charge in [0.1, 0.15) is 6.33 Å². The van der Waals surface area contributed by atoms with E-state index in [0.29, 0.717) is 5.75 Å². The number of hydrogen-bond acceptors (Lipinski definition) is 5. The number of aromatic nitrogens is 2. The van der Waals surface area contributed by atoms with Gasteiger partial charge < -0.3 is 15.4 Å². The Morgan fingerprint density at radius 3 is 2.32 bits per heavy atom. The van der Waals surface area contributed by atoms with Crippen LogP contribution >= 0.6 is 0 Å². The molecule has 5 heteroatoms. The first-order chi connectivity index (χ1) is 9.04. The Kier molecular flexibility index (Phi) is 5.86. The van der Waals surface area contributed by atoms with E-state index in [9.17, 15) is 0 Å². The maximum Gasteiger partial charge on any atom is 0.204 e. The number of nitrogens with zero attached hydrogens (tertiary/aromatic N) is 2. The third kappa shape index (κ3) is 4.58. The number of anilines is 2. The van der Waals surface area contributed by atoms with Crippen molar-refractivity contribution in [2.45, 2.75) is 40.5 Å². The van der Waals surface area contributed by atoms with Crippen molar-refractivity contribution in [3.8, 4) is 5.75 Å². The Morgan fingerprint density at radius 2 is 1.79 bits per heavy atom. The van der Waals surface area contributed by atoms with Crippen LogP contribution in [-0.4, -0.2) is 30.2 Å². The minimum atomic E-state index is 0.229. The normalized spacial score (nSPS) is 11.2. The third-order valence-corrected chi connectivity index (χ3v) is 3.24. The molecule has 0 bridgehead atoms. The van der Waals surface area contributed by atoms with Crippen molar-refractivity contribution in [2.24, 2.45) is 5.41 Å². The molecule has 19 heavy (non-hydrogen) atoms. The smallest absolute Gasteiger partial charge is 0.204 e. The molecule has 0 saturated heterocycles. The molecule has 108 valence electrons. The largest absolute Gasteiger partial charge is 0.490 e. The van der Waals surface area contributed by atoms with Crippen molar-refractivity contribution < 1.29 is 4.74 Å².